The fraction of sp³-hybridized carbons (Fsp3) is 0.647. The van der Waals surface area contributed by atoms with Gasteiger partial charge in [0.15, 0.2) is 0 Å². The highest BCUT2D eigenvalue weighted by atomic mass is 15.3. The third-order valence-corrected chi connectivity index (χ3v) is 7.10. The quantitative estimate of drug-likeness (QED) is 0.207. The second kappa shape index (κ2) is 23.1. The summed E-state index contributed by atoms with van der Waals surface area (Å²) in [6, 6.07) is 20.8. The summed E-state index contributed by atoms with van der Waals surface area (Å²) in [5.41, 5.74) is 2.56. The summed E-state index contributed by atoms with van der Waals surface area (Å²) >= 11 is 0. The van der Waals surface area contributed by atoms with Gasteiger partial charge in [-0.3, -0.25) is 0 Å². The summed E-state index contributed by atoms with van der Waals surface area (Å²) in [5.74, 6) is 0. The van der Waals surface area contributed by atoms with E-state index in [1.807, 2.05) is 38.4 Å². The minimum atomic E-state index is 1.08. The Morgan fingerprint density at radius 1 is 0.486 bits per heavy atom. The molecular weight excluding hydrogens is 450 g/mol. The van der Waals surface area contributed by atoms with Crippen LogP contribution in [-0.4, -0.2) is 57.8 Å². The van der Waals surface area contributed by atoms with E-state index >= 15 is 0 Å². The molecule has 0 spiro atoms. The fourth-order valence-corrected chi connectivity index (χ4v) is 4.60. The van der Waals surface area contributed by atoms with Gasteiger partial charge in [0.05, 0.1) is 26.2 Å². The van der Waals surface area contributed by atoms with E-state index in [-0.39, 0.29) is 0 Å². The molecule has 0 amide bonds. The van der Waals surface area contributed by atoms with Crippen LogP contribution in [0.2, 0.25) is 0 Å². The van der Waals surface area contributed by atoms with Gasteiger partial charge in [-0.15, -0.1) is 0 Å². The minimum absolute atomic E-state index is 1.08. The molecular formula is C34H62N3+. The molecule has 2 aromatic carbocycles. The van der Waals surface area contributed by atoms with E-state index in [9.17, 15) is 0 Å². The van der Waals surface area contributed by atoms with Gasteiger partial charge in [-0.05, 0) is 63.8 Å². The number of benzene rings is 2. The van der Waals surface area contributed by atoms with Crippen LogP contribution in [0.25, 0.3) is 0 Å². The van der Waals surface area contributed by atoms with Gasteiger partial charge < -0.3 is 14.3 Å². The molecule has 0 bridgehead atoms. The summed E-state index contributed by atoms with van der Waals surface area (Å²) < 4.78 is 1.42. The first-order chi connectivity index (χ1) is 17.9. The van der Waals surface area contributed by atoms with Crippen LogP contribution >= 0.6 is 0 Å². The number of hydrogen-bond donors (Lipinski definition) is 0. The molecule has 3 nitrogen and oxygen atoms in total. The molecule has 0 aliphatic carbocycles. The second-order valence-corrected chi connectivity index (χ2v) is 10.4. The first-order valence-electron chi connectivity index (χ1n) is 15.3. The number of unbranched alkanes of at least 4 members (excludes halogenated alkanes) is 4. The van der Waals surface area contributed by atoms with Gasteiger partial charge in [-0.2, -0.15) is 0 Å². The molecule has 3 heteroatoms. The summed E-state index contributed by atoms with van der Waals surface area (Å²) in [6.45, 7) is 21.5. The van der Waals surface area contributed by atoms with Crippen LogP contribution < -0.4 is 9.80 Å². The molecule has 0 aliphatic rings. The standard InChI is InChI=1S/C16H36N.C10H15N.C8H11N/c1-5-9-13-17(14-10-6-2,15-11-7-3)16-12-8-4;1-3-11(4-2)10-8-6-5-7-9-10;1-9(2)8-6-4-3-5-7-8/h5-16H2,1-4H3;5-9H,3-4H2,1-2H3;3-7H,1-2H3/q+1;;. The van der Waals surface area contributed by atoms with E-state index in [1.165, 1.54) is 93.4 Å². The molecule has 0 heterocycles. The van der Waals surface area contributed by atoms with Gasteiger partial charge in [0.1, 0.15) is 0 Å². The highest BCUT2D eigenvalue weighted by Gasteiger charge is 2.24. The molecule has 0 N–H and O–H groups in total. The lowest BCUT2D eigenvalue weighted by Gasteiger charge is -2.39. The van der Waals surface area contributed by atoms with Crippen molar-refractivity contribution < 1.29 is 4.48 Å². The van der Waals surface area contributed by atoms with Crippen molar-refractivity contribution in [2.75, 3.05) is 63.2 Å². The molecule has 0 aromatic heterocycles. The van der Waals surface area contributed by atoms with Crippen molar-refractivity contribution in [1.29, 1.82) is 0 Å². The first-order valence-corrected chi connectivity index (χ1v) is 15.3. The molecule has 2 aromatic rings. The third-order valence-electron chi connectivity index (χ3n) is 7.10. The first kappa shape index (κ1) is 35.0. The molecule has 2 rings (SSSR count). The lowest BCUT2D eigenvalue weighted by atomic mass is 10.1. The van der Waals surface area contributed by atoms with Gasteiger partial charge >= 0.3 is 0 Å². The van der Waals surface area contributed by atoms with Crippen molar-refractivity contribution in [3.63, 3.8) is 0 Å². The normalized spacial score (nSPS) is 10.6. The van der Waals surface area contributed by atoms with Crippen LogP contribution in [0.15, 0.2) is 60.7 Å². The Morgan fingerprint density at radius 2 is 0.811 bits per heavy atom. The van der Waals surface area contributed by atoms with Gasteiger partial charge in [0, 0.05) is 38.6 Å². The van der Waals surface area contributed by atoms with Crippen LogP contribution in [0.1, 0.15) is 92.9 Å². The van der Waals surface area contributed by atoms with Crippen LogP contribution in [0.5, 0.6) is 0 Å². The van der Waals surface area contributed by atoms with Crippen molar-refractivity contribution in [3.05, 3.63) is 60.7 Å². The third kappa shape index (κ3) is 16.5. The lowest BCUT2D eigenvalue weighted by Crippen LogP contribution is -2.50. The van der Waals surface area contributed by atoms with E-state index in [0.717, 1.165) is 13.1 Å². The summed E-state index contributed by atoms with van der Waals surface area (Å²) in [4.78, 5) is 4.42. The van der Waals surface area contributed by atoms with E-state index in [1.54, 1.807) is 0 Å². The number of hydrogen-bond acceptors (Lipinski definition) is 2. The molecule has 0 saturated heterocycles. The maximum Gasteiger partial charge on any atom is 0.0786 e. The summed E-state index contributed by atoms with van der Waals surface area (Å²) in [5, 5.41) is 0. The SMILES string of the molecule is CCCC[N+](CCCC)(CCCC)CCCC.CCN(CC)c1ccccc1.CN(C)c1ccccc1. The fourth-order valence-electron chi connectivity index (χ4n) is 4.60. The van der Waals surface area contributed by atoms with E-state index < -0.39 is 0 Å². The number of nitrogens with zero attached hydrogens (tertiary/aromatic N) is 3. The molecule has 0 radical (unpaired) electrons. The Morgan fingerprint density at radius 3 is 1.05 bits per heavy atom. The number of quaternary nitrogens is 1. The predicted molar refractivity (Wildman–Crippen MR) is 170 cm³/mol. The highest BCUT2D eigenvalue weighted by Crippen LogP contribution is 2.16. The van der Waals surface area contributed by atoms with Gasteiger partial charge in [-0.1, -0.05) is 89.8 Å². The van der Waals surface area contributed by atoms with Crippen LogP contribution in [0.4, 0.5) is 11.4 Å². The Balaban J connectivity index is 0.000000556. The van der Waals surface area contributed by atoms with Crippen molar-refractivity contribution in [3.8, 4) is 0 Å². The number of anilines is 2. The van der Waals surface area contributed by atoms with Gasteiger partial charge in [0.2, 0.25) is 0 Å². The molecule has 0 aliphatic heterocycles. The lowest BCUT2D eigenvalue weighted by molar-refractivity contribution is -0.929. The summed E-state index contributed by atoms with van der Waals surface area (Å²) in [6.07, 6.45) is 11.1. The number of rotatable bonds is 16. The maximum atomic E-state index is 2.33. The van der Waals surface area contributed by atoms with Crippen molar-refractivity contribution in [2.45, 2.75) is 92.9 Å². The Labute approximate surface area is 232 Å². The summed E-state index contributed by atoms with van der Waals surface area (Å²) in [7, 11) is 4.07. The smallest absolute Gasteiger partial charge is 0.0786 e. The van der Waals surface area contributed by atoms with E-state index in [0.29, 0.717) is 0 Å². The van der Waals surface area contributed by atoms with Crippen molar-refractivity contribution in [1.82, 2.24) is 0 Å². The van der Waals surface area contributed by atoms with Crippen LogP contribution in [0, 0.1) is 0 Å². The molecule has 0 saturated carbocycles. The highest BCUT2D eigenvalue weighted by molar-refractivity contribution is 5.45. The zero-order valence-corrected chi connectivity index (χ0v) is 26.0. The average molecular weight is 513 g/mol. The zero-order chi connectivity index (χ0) is 27.8. The maximum absolute atomic E-state index is 2.33. The topological polar surface area (TPSA) is 6.48 Å². The Kier molecular flexibility index (Phi) is 21.9. The van der Waals surface area contributed by atoms with Gasteiger partial charge in [-0.25, -0.2) is 0 Å². The predicted octanol–water partition coefficient (Wildman–Crippen LogP) is 9.29. The number of para-hydroxylation sites is 2. The zero-order valence-electron chi connectivity index (χ0n) is 26.0. The molecule has 212 valence electrons. The Hall–Kier alpha value is -2.00. The van der Waals surface area contributed by atoms with E-state index in [2.05, 4.69) is 87.7 Å². The second-order valence-electron chi connectivity index (χ2n) is 10.4. The average Bonchev–Trinajstić information content (AvgIpc) is 2.95. The minimum Gasteiger partial charge on any atom is -0.378 e. The van der Waals surface area contributed by atoms with Crippen LogP contribution in [-0.2, 0) is 0 Å². The molecule has 37 heavy (non-hydrogen) atoms. The van der Waals surface area contributed by atoms with Gasteiger partial charge in [0.25, 0.3) is 0 Å². The van der Waals surface area contributed by atoms with Crippen LogP contribution in [0.3, 0.4) is 0 Å². The molecule has 0 fully saturated rings. The van der Waals surface area contributed by atoms with E-state index in [4.69, 9.17) is 0 Å². The van der Waals surface area contributed by atoms with Crippen molar-refractivity contribution in [2.24, 2.45) is 0 Å². The van der Waals surface area contributed by atoms with Crippen molar-refractivity contribution >= 4 is 11.4 Å². The molecule has 0 atom stereocenters. The largest absolute Gasteiger partial charge is 0.378 e. The monoisotopic (exact) mass is 512 g/mol. The Bertz CT molecular complexity index is 673. The molecule has 0 unspecified atom stereocenters.